The summed E-state index contributed by atoms with van der Waals surface area (Å²) in [6, 6.07) is 18.8. The Morgan fingerprint density at radius 2 is 1.54 bits per heavy atom. The topological polar surface area (TPSA) is 49.4 Å². The molecular formula is C20H22N2O2. The summed E-state index contributed by atoms with van der Waals surface area (Å²) < 4.78 is 0. The van der Waals surface area contributed by atoms with Crippen LogP contribution < -0.4 is 5.32 Å². The third-order valence-electron chi connectivity index (χ3n) is 4.34. The number of carbonyl (C=O) groups excluding carboxylic acids is 2. The second kappa shape index (κ2) is 6.48. The minimum atomic E-state index is -0.971. The monoisotopic (exact) mass is 322 g/mol. The largest absolute Gasteiger partial charge is 0.325 e. The van der Waals surface area contributed by atoms with E-state index in [1.54, 1.807) is 0 Å². The summed E-state index contributed by atoms with van der Waals surface area (Å²) in [5, 5.41) is 2.97. The van der Waals surface area contributed by atoms with Crippen molar-refractivity contribution in [3.05, 3.63) is 71.8 Å². The zero-order valence-electron chi connectivity index (χ0n) is 14.0. The molecule has 1 N–H and O–H groups in total. The second-order valence-electron chi connectivity index (χ2n) is 6.68. The number of imide groups is 1. The number of hydrogen-bond donors (Lipinski definition) is 1. The first-order valence-electron chi connectivity index (χ1n) is 8.26. The summed E-state index contributed by atoms with van der Waals surface area (Å²) >= 11 is 0. The van der Waals surface area contributed by atoms with E-state index in [4.69, 9.17) is 0 Å². The predicted molar refractivity (Wildman–Crippen MR) is 93.1 cm³/mol. The lowest BCUT2D eigenvalue weighted by molar-refractivity contribution is -0.132. The molecule has 24 heavy (non-hydrogen) atoms. The third-order valence-corrected chi connectivity index (χ3v) is 4.34. The van der Waals surface area contributed by atoms with Crippen LogP contribution in [0.5, 0.6) is 0 Å². The molecule has 0 bridgehead atoms. The third kappa shape index (κ3) is 2.92. The van der Waals surface area contributed by atoms with Crippen molar-refractivity contribution in [3.63, 3.8) is 0 Å². The van der Waals surface area contributed by atoms with Gasteiger partial charge in [-0.05, 0) is 23.5 Å². The van der Waals surface area contributed by atoms with Crippen molar-refractivity contribution in [2.24, 2.45) is 5.92 Å². The highest BCUT2D eigenvalue weighted by atomic mass is 16.2. The molecule has 0 aliphatic carbocycles. The lowest BCUT2D eigenvalue weighted by Crippen LogP contribution is -2.45. The Kier molecular flexibility index (Phi) is 4.38. The van der Waals surface area contributed by atoms with Crippen molar-refractivity contribution in [3.8, 4) is 0 Å². The van der Waals surface area contributed by atoms with Crippen molar-refractivity contribution in [2.45, 2.75) is 32.4 Å². The maximum absolute atomic E-state index is 13.2. The quantitative estimate of drug-likeness (QED) is 0.854. The van der Waals surface area contributed by atoms with Gasteiger partial charge in [-0.25, -0.2) is 4.79 Å². The van der Waals surface area contributed by atoms with Crippen LogP contribution >= 0.6 is 0 Å². The first-order valence-corrected chi connectivity index (χ1v) is 8.26. The number of carbonyl (C=O) groups is 2. The molecule has 4 heteroatoms. The molecule has 3 amide bonds. The lowest BCUT2D eigenvalue weighted by atomic mass is 9.82. The molecule has 0 spiro atoms. The fourth-order valence-corrected chi connectivity index (χ4v) is 3.32. The Morgan fingerprint density at radius 1 is 0.958 bits per heavy atom. The molecule has 4 nitrogen and oxygen atoms in total. The van der Waals surface area contributed by atoms with Gasteiger partial charge in [-0.2, -0.15) is 0 Å². The molecule has 1 fully saturated rings. The van der Waals surface area contributed by atoms with Crippen LogP contribution in [0.4, 0.5) is 4.79 Å². The number of benzene rings is 2. The van der Waals surface area contributed by atoms with Crippen molar-refractivity contribution >= 4 is 11.9 Å². The van der Waals surface area contributed by atoms with E-state index >= 15 is 0 Å². The molecule has 0 saturated carbocycles. The van der Waals surface area contributed by atoms with Crippen LogP contribution in [0.15, 0.2) is 60.7 Å². The van der Waals surface area contributed by atoms with E-state index in [1.807, 2.05) is 60.7 Å². The van der Waals surface area contributed by atoms with Gasteiger partial charge < -0.3 is 5.32 Å². The second-order valence-corrected chi connectivity index (χ2v) is 6.68. The molecule has 3 rings (SSSR count). The average molecular weight is 322 g/mol. The number of nitrogens with zero attached hydrogens (tertiary/aromatic N) is 1. The van der Waals surface area contributed by atoms with Gasteiger partial charge in [-0.1, -0.05) is 74.5 Å². The van der Waals surface area contributed by atoms with Gasteiger partial charge in [0.25, 0.3) is 5.91 Å². The zero-order chi connectivity index (χ0) is 17.2. The Balaban J connectivity index is 1.96. The van der Waals surface area contributed by atoms with Gasteiger partial charge in [0.15, 0.2) is 0 Å². The van der Waals surface area contributed by atoms with Gasteiger partial charge in [-0.15, -0.1) is 0 Å². The number of amides is 3. The van der Waals surface area contributed by atoms with Gasteiger partial charge >= 0.3 is 6.03 Å². The smallest absolute Gasteiger partial charge is 0.319 e. The van der Waals surface area contributed by atoms with Gasteiger partial charge in [-0.3, -0.25) is 9.69 Å². The van der Waals surface area contributed by atoms with E-state index in [1.165, 1.54) is 4.90 Å². The molecule has 1 heterocycles. The Bertz CT molecular complexity index is 728. The van der Waals surface area contributed by atoms with E-state index in [-0.39, 0.29) is 24.4 Å². The van der Waals surface area contributed by atoms with Crippen molar-refractivity contribution in [1.82, 2.24) is 10.2 Å². The summed E-state index contributed by atoms with van der Waals surface area (Å²) in [7, 11) is 0. The van der Waals surface area contributed by atoms with Crippen molar-refractivity contribution in [2.75, 3.05) is 0 Å². The van der Waals surface area contributed by atoms with Crippen LogP contribution in [0, 0.1) is 5.92 Å². The van der Waals surface area contributed by atoms with Crippen molar-refractivity contribution < 1.29 is 9.59 Å². The average Bonchev–Trinajstić information content (AvgIpc) is 2.81. The summed E-state index contributed by atoms with van der Waals surface area (Å²) in [4.78, 5) is 27.1. The highest BCUT2D eigenvalue weighted by Gasteiger charge is 2.52. The summed E-state index contributed by atoms with van der Waals surface area (Å²) in [6.45, 7) is 4.41. The molecule has 2 aromatic rings. The van der Waals surface area contributed by atoms with Crippen LogP contribution in [0.3, 0.4) is 0 Å². The van der Waals surface area contributed by atoms with Crippen LogP contribution in [-0.2, 0) is 16.9 Å². The molecule has 1 atom stereocenters. The van der Waals surface area contributed by atoms with E-state index in [0.29, 0.717) is 6.42 Å². The normalized spacial score (nSPS) is 20.5. The SMILES string of the molecule is CC(C)CC1(c2ccccc2)NC(=O)N(Cc2ccccc2)C1=O. The highest BCUT2D eigenvalue weighted by molar-refractivity contribution is 6.07. The Labute approximate surface area is 142 Å². The summed E-state index contributed by atoms with van der Waals surface area (Å²) in [5.41, 5.74) is 0.809. The maximum Gasteiger partial charge on any atom is 0.325 e. The van der Waals surface area contributed by atoms with E-state index in [2.05, 4.69) is 19.2 Å². The molecule has 0 radical (unpaired) electrons. The van der Waals surface area contributed by atoms with Crippen molar-refractivity contribution in [1.29, 1.82) is 0 Å². The van der Waals surface area contributed by atoms with Crippen LogP contribution in [0.2, 0.25) is 0 Å². The molecule has 1 aliphatic rings. The minimum Gasteiger partial charge on any atom is -0.319 e. The molecule has 1 unspecified atom stereocenters. The van der Waals surface area contributed by atoms with Gasteiger partial charge in [0.05, 0.1) is 6.54 Å². The lowest BCUT2D eigenvalue weighted by Gasteiger charge is -2.29. The predicted octanol–water partition coefficient (Wildman–Crippen LogP) is 3.68. The Hall–Kier alpha value is -2.62. The number of hydrogen-bond acceptors (Lipinski definition) is 2. The van der Waals surface area contributed by atoms with E-state index in [9.17, 15) is 9.59 Å². The molecule has 1 aliphatic heterocycles. The first-order chi connectivity index (χ1) is 11.5. The fraction of sp³-hybridized carbons (Fsp3) is 0.300. The molecule has 124 valence electrons. The standard InChI is InChI=1S/C20H22N2O2/c1-15(2)13-20(17-11-7-4-8-12-17)18(23)22(19(24)21-20)14-16-9-5-3-6-10-16/h3-12,15H,13-14H2,1-2H3,(H,21,24). The Morgan fingerprint density at radius 3 is 2.12 bits per heavy atom. The van der Waals surface area contributed by atoms with Crippen LogP contribution in [0.1, 0.15) is 31.4 Å². The van der Waals surface area contributed by atoms with Gasteiger partial charge in [0, 0.05) is 0 Å². The molecule has 2 aromatic carbocycles. The summed E-state index contributed by atoms with van der Waals surface area (Å²) in [6.07, 6.45) is 0.576. The minimum absolute atomic E-state index is 0.170. The molecule has 0 aromatic heterocycles. The van der Waals surface area contributed by atoms with Gasteiger partial charge in [0.2, 0.25) is 0 Å². The number of urea groups is 1. The maximum atomic E-state index is 13.2. The zero-order valence-corrected chi connectivity index (χ0v) is 14.0. The van der Waals surface area contributed by atoms with Gasteiger partial charge in [0.1, 0.15) is 5.54 Å². The molecule has 1 saturated heterocycles. The van der Waals surface area contributed by atoms with E-state index < -0.39 is 5.54 Å². The number of nitrogens with one attached hydrogen (secondary N) is 1. The summed E-state index contributed by atoms with van der Waals surface area (Å²) in [5.74, 6) is 0.0994. The number of rotatable bonds is 5. The van der Waals surface area contributed by atoms with Crippen LogP contribution in [0.25, 0.3) is 0 Å². The fourth-order valence-electron chi connectivity index (χ4n) is 3.32. The van der Waals surface area contributed by atoms with E-state index in [0.717, 1.165) is 11.1 Å². The highest BCUT2D eigenvalue weighted by Crippen LogP contribution is 2.35. The molecular weight excluding hydrogens is 300 g/mol. The van der Waals surface area contributed by atoms with Crippen LogP contribution in [-0.4, -0.2) is 16.8 Å². The first kappa shape index (κ1) is 16.2.